The zero-order valence-electron chi connectivity index (χ0n) is 16.7. The Morgan fingerprint density at radius 3 is 2.32 bits per heavy atom. The molecule has 2 aliphatic rings. The molecule has 3 rings (SSSR count). The van der Waals surface area contributed by atoms with Gasteiger partial charge in [-0.15, -0.1) is 0 Å². The van der Waals surface area contributed by atoms with Gasteiger partial charge in [0.1, 0.15) is 5.75 Å². The average Bonchev–Trinajstić information content (AvgIpc) is 2.67. The Morgan fingerprint density at radius 2 is 1.68 bits per heavy atom. The van der Waals surface area contributed by atoms with Crippen molar-refractivity contribution in [2.75, 3.05) is 37.6 Å². The highest BCUT2D eigenvalue weighted by atomic mass is 16.5. The van der Waals surface area contributed by atoms with E-state index in [9.17, 15) is 14.4 Å². The molecule has 0 bridgehead atoms. The summed E-state index contributed by atoms with van der Waals surface area (Å²) in [5.41, 5.74) is 1.05. The lowest BCUT2D eigenvalue weighted by Gasteiger charge is -2.37. The number of hydrogen-bond acceptors (Lipinski definition) is 5. The number of rotatable bonds is 6. The lowest BCUT2D eigenvalue weighted by molar-refractivity contribution is -0.148. The second-order valence-electron chi connectivity index (χ2n) is 7.54. The van der Waals surface area contributed by atoms with Gasteiger partial charge in [-0.3, -0.25) is 19.3 Å². The maximum Gasteiger partial charge on any atom is 0.229 e. The number of hydrogen-bond donors (Lipinski definition) is 0. The number of amides is 3. The molecule has 7 nitrogen and oxygen atoms in total. The van der Waals surface area contributed by atoms with Gasteiger partial charge in [-0.25, -0.2) is 0 Å². The third kappa shape index (κ3) is 4.82. The molecule has 0 N–H and O–H groups in total. The number of benzene rings is 1. The molecule has 3 amide bonds. The van der Waals surface area contributed by atoms with E-state index in [0.29, 0.717) is 32.4 Å². The van der Waals surface area contributed by atoms with Crippen molar-refractivity contribution in [3.05, 3.63) is 24.3 Å². The van der Waals surface area contributed by atoms with E-state index in [1.54, 1.807) is 0 Å². The second-order valence-corrected chi connectivity index (χ2v) is 7.54. The molecule has 0 saturated carbocycles. The molecule has 0 spiro atoms. The predicted molar refractivity (Wildman–Crippen MR) is 106 cm³/mol. The number of anilines is 1. The van der Waals surface area contributed by atoms with Crippen molar-refractivity contribution in [3.8, 4) is 5.75 Å². The highest BCUT2D eigenvalue weighted by Crippen LogP contribution is 2.29. The summed E-state index contributed by atoms with van der Waals surface area (Å²) in [7, 11) is 0. The Balaban J connectivity index is 1.52. The lowest BCUT2D eigenvalue weighted by Crippen LogP contribution is -2.50. The number of imide groups is 1. The van der Waals surface area contributed by atoms with E-state index in [1.165, 1.54) is 4.90 Å². The van der Waals surface area contributed by atoms with Gasteiger partial charge in [0.15, 0.2) is 0 Å². The van der Waals surface area contributed by atoms with E-state index in [2.05, 4.69) is 4.90 Å². The molecular formula is C21H29N3O4. The van der Waals surface area contributed by atoms with Gasteiger partial charge >= 0.3 is 0 Å². The SMILES string of the molecule is CC(C)Oc1ccccc1N1CCN(C(=O)CCN2C(=O)CCCC2=O)CC1. The number of carbonyl (C=O) groups excluding carboxylic acids is 3. The van der Waals surface area contributed by atoms with Crippen molar-refractivity contribution in [2.24, 2.45) is 0 Å². The van der Waals surface area contributed by atoms with Crippen LogP contribution in [0.4, 0.5) is 5.69 Å². The fourth-order valence-electron chi connectivity index (χ4n) is 3.68. The summed E-state index contributed by atoms with van der Waals surface area (Å²) in [5, 5.41) is 0. The van der Waals surface area contributed by atoms with Crippen LogP contribution in [0.15, 0.2) is 24.3 Å². The van der Waals surface area contributed by atoms with Gasteiger partial charge in [0.05, 0.1) is 11.8 Å². The van der Waals surface area contributed by atoms with E-state index in [-0.39, 0.29) is 36.8 Å². The molecule has 152 valence electrons. The molecule has 1 aromatic carbocycles. The Morgan fingerprint density at radius 1 is 1.04 bits per heavy atom. The van der Waals surface area contributed by atoms with Crippen LogP contribution >= 0.6 is 0 Å². The largest absolute Gasteiger partial charge is 0.489 e. The van der Waals surface area contributed by atoms with Gasteiger partial charge in [0.25, 0.3) is 0 Å². The normalized spacial score (nSPS) is 18.0. The molecular weight excluding hydrogens is 358 g/mol. The topological polar surface area (TPSA) is 70.2 Å². The first-order valence-corrected chi connectivity index (χ1v) is 10.1. The van der Waals surface area contributed by atoms with Gasteiger partial charge < -0.3 is 14.5 Å². The first kappa shape index (κ1) is 20.2. The third-order valence-electron chi connectivity index (χ3n) is 5.13. The average molecular weight is 387 g/mol. The Labute approximate surface area is 166 Å². The molecule has 7 heteroatoms. The molecule has 1 aromatic rings. The van der Waals surface area contributed by atoms with Gasteiger partial charge in [-0.1, -0.05) is 12.1 Å². The summed E-state index contributed by atoms with van der Waals surface area (Å²) < 4.78 is 5.91. The molecule has 2 fully saturated rings. The van der Waals surface area contributed by atoms with Crippen LogP contribution in [0.1, 0.15) is 39.5 Å². The van der Waals surface area contributed by atoms with E-state index >= 15 is 0 Å². The first-order chi connectivity index (χ1) is 13.5. The Bertz CT molecular complexity index is 710. The number of piperidine rings is 1. The molecule has 0 unspecified atom stereocenters. The van der Waals surface area contributed by atoms with Crippen LogP contribution in [0.5, 0.6) is 5.75 Å². The van der Waals surface area contributed by atoms with Crippen molar-refractivity contribution in [3.63, 3.8) is 0 Å². The third-order valence-corrected chi connectivity index (χ3v) is 5.13. The van der Waals surface area contributed by atoms with E-state index in [4.69, 9.17) is 4.74 Å². The zero-order chi connectivity index (χ0) is 20.1. The number of nitrogens with zero attached hydrogens (tertiary/aromatic N) is 3. The highest BCUT2D eigenvalue weighted by molar-refractivity contribution is 5.97. The summed E-state index contributed by atoms with van der Waals surface area (Å²) in [5.74, 6) is 0.545. The van der Waals surface area contributed by atoms with Crippen LogP contribution < -0.4 is 9.64 Å². The maximum atomic E-state index is 12.5. The van der Waals surface area contributed by atoms with Crippen molar-refractivity contribution in [1.82, 2.24) is 9.80 Å². The monoisotopic (exact) mass is 387 g/mol. The molecule has 2 heterocycles. The summed E-state index contributed by atoms with van der Waals surface area (Å²) in [6, 6.07) is 7.97. The van der Waals surface area contributed by atoms with E-state index in [1.807, 2.05) is 43.0 Å². The van der Waals surface area contributed by atoms with E-state index in [0.717, 1.165) is 24.5 Å². The highest BCUT2D eigenvalue weighted by Gasteiger charge is 2.28. The first-order valence-electron chi connectivity index (χ1n) is 10.1. The minimum Gasteiger partial charge on any atom is -0.489 e. The predicted octanol–water partition coefficient (Wildman–Crippen LogP) is 2.05. The van der Waals surface area contributed by atoms with Crippen LogP contribution in [0, 0.1) is 0 Å². The quantitative estimate of drug-likeness (QED) is 0.699. The smallest absolute Gasteiger partial charge is 0.229 e. The van der Waals surface area contributed by atoms with Gasteiger partial charge in [-0.05, 0) is 32.4 Å². The molecule has 0 aliphatic carbocycles. The van der Waals surface area contributed by atoms with Crippen LogP contribution in [0.3, 0.4) is 0 Å². The van der Waals surface area contributed by atoms with Crippen LogP contribution in [0.2, 0.25) is 0 Å². The fourth-order valence-corrected chi connectivity index (χ4v) is 3.68. The Kier molecular flexibility index (Phi) is 6.54. The molecule has 2 aliphatic heterocycles. The fraction of sp³-hybridized carbons (Fsp3) is 0.571. The number of carbonyl (C=O) groups is 3. The summed E-state index contributed by atoms with van der Waals surface area (Å²) >= 11 is 0. The molecule has 0 atom stereocenters. The van der Waals surface area contributed by atoms with Crippen LogP contribution in [-0.4, -0.2) is 66.3 Å². The maximum absolute atomic E-state index is 12.5. The summed E-state index contributed by atoms with van der Waals surface area (Å²) in [4.78, 5) is 41.6. The van der Waals surface area contributed by atoms with Gasteiger partial charge in [0, 0.05) is 52.0 Å². The minimum atomic E-state index is -0.157. The number of likely N-dealkylation sites (tertiary alicyclic amines) is 1. The standard InChI is InChI=1S/C21H29N3O4/c1-16(2)28-18-7-4-3-6-17(18)22-12-14-23(15-13-22)19(25)10-11-24-20(26)8-5-9-21(24)27/h3-4,6-7,16H,5,8-15H2,1-2H3. The second kappa shape index (κ2) is 9.08. The van der Waals surface area contributed by atoms with Gasteiger partial charge in [-0.2, -0.15) is 0 Å². The lowest BCUT2D eigenvalue weighted by atomic mass is 10.1. The van der Waals surface area contributed by atoms with E-state index < -0.39 is 0 Å². The molecule has 2 saturated heterocycles. The molecule has 0 radical (unpaired) electrons. The van der Waals surface area contributed by atoms with Crippen LogP contribution in [-0.2, 0) is 14.4 Å². The Hall–Kier alpha value is -2.57. The number of ether oxygens (including phenoxy) is 1. The zero-order valence-corrected chi connectivity index (χ0v) is 16.7. The number of piperazine rings is 1. The number of para-hydroxylation sites is 2. The van der Waals surface area contributed by atoms with Crippen molar-refractivity contribution >= 4 is 23.4 Å². The molecule has 0 aromatic heterocycles. The summed E-state index contributed by atoms with van der Waals surface area (Å²) in [6.07, 6.45) is 1.72. The van der Waals surface area contributed by atoms with Crippen molar-refractivity contribution < 1.29 is 19.1 Å². The molecule has 28 heavy (non-hydrogen) atoms. The van der Waals surface area contributed by atoms with Crippen LogP contribution in [0.25, 0.3) is 0 Å². The summed E-state index contributed by atoms with van der Waals surface area (Å²) in [6.45, 7) is 6.91. The van der Waals surface area contributed by atoms with Gasteiger partial charge in [0.2, 0.25) is 17.7 Å². The minimum absolute atomic E-state index is 0.00228. The van der Waals surface area contributed by atoms with Crippen molar-refractivity contribution in [1.29, 1.82) is 0 Å². The van der Waals surface area contributed by atoms with Crippen molar-refractivity contribution in [2.45, 2.75) is 45.6 Å².